The van der Waals surface area contributed by atoms with Crippen LogP contribution in [0, 0.1) is 11.8 Å². The molecule has 2 heterocycles. The molecule has 0 N–H and O–H groups in total. The first kappa shape index (κ1) is 10.8. The van der Waals surface area contributed by atoms with Crippen molar-refractivity contribution in [2.45, 2.75) is 6.42 Å². The molecule has 2 nitrogen and oxygen atoms in total. The Kier molecular flexibility index (Phi) is 2.63. The molecule has 1 aromatic rings. The predicted molar refractivity (Wildman–Crippen MR) is 70.7 cm³/mol. The van der Waals surface area contributed by atoms with Crippen LogP contribution in [0.4, 0.5) is 0 Å². The molecule has 1 amide bonds. The van der Waals surface area contributed by atoms with E-state index in [-0.39, 0.29) is 5.91 Å². The van der Waals surface area contributed by atoms with Crippen molar-refractivity contribution in [3.8, 4) is 0 Å². The summed E-state index contributed by atoms with van der Waals surface area (Å²) < 4.78 is 0. The minimum Gasteiger partial charge on any atom is -0.338 e. The highest BCUT2D eigenvalue weighted by Crippen LogP contribution is 2.41. The van der Waals surface area contributed by atoms with Crippen LogP contribution < -0.4 is 0 Å². The third kappa shape index (κ3) is 1.84. The highest BCUT2D eigenvalue weighted by molar-refractivity contribution is 7.08. The summed E-state index contributed by atoms with van der Waals surface area (Å²) in [5.74, 6) is 1.24. The van der Waals surface area contributed by atoms with Crippen molar-refractivity contribution in [2.24, 2.45) is 11.8 Å². The number of thiophene rings is 1. The first-order chi connectivity index (χ1) is 8.28. The summed E-state index contributed by atoms with van der Waals surface area (Å²) in [5, 5.41) is 4.33. The Morgan fingerprint density at radius 3 is 3.06 bits per heavy atom. The standard InChI is InChI=1S/C14H15NOS/c1-2-14(16)15-7-12-5-11(6-13(12)8-15)10-3-4-17-9-10/h2-5,9,12-13H,1,6-8H2. The Hall–Kier alpha value is -1.35. The van der Waals surface area contributed by atoms with Crippen LogP contribution in [0.2, 0.25) is 0 Å². The molecule has 1 aliphatic carbocycles. The molecule has 0 saturated carbocycles. The number of fused-ring (bicyclic) bond motifs is 1. The molecule has 0 radical (unpaired) electrons. The Bertz CT molecular complexity index is 474. The fraction of sp³-hybridized carbons (Fsp3) is 0.357. The summed E-state index contributed by atoms with van der Waals surface area (Å²) in [6, 6.07) is 2.18. The Morgan fingerprint density at radius 2 is 2.41 bits per heavy atom. The van der Waals surface area contributed by atoms with E-state index in [1.54, 1.807) is 11.3 Å². The van der Waals surface area contributed by atoms with E-state index >= 15 is 0 Å². The fourth-order valence-corrected chi connectivity index (χ4v) is 3.56. The smallest absolute Gasteiger partial charge is 0.245 e. The van der Waals surface area contributed by atoms with Gasteiger partial charge < -0.3 is 4.90 Å². The number of hydrogen-bond donors (Lipinski definition) is 0. The van der Waals surface area contributed by atoms with Gasteiger partial charge in [-0.1, -0.05) is 12.7 Å². The first-order valence-corrected chi connectivity index (χ1v) is 6.87. The van der Waals surface area contributed by atoms with Gasteiger partial charge in [0, 0.05) is 13.1 Å². The second-order valence-corrected chi connectivity index (χ2v) is 5.56. The van der Waals surface area contributed by atoms with Crippen LogP contribution in [0.25, 0.3) is 5.57 Å². The van der Waals surface area contributed by atoms with Crippen molar-refractivity contribution in [1.29, 1.82) is 0 Å². The molecule has 17 heavy (non-hydrogen) atoms. The van der Waals surface area contributed by atoms with Gasteiger partial charge in [-0.25, -0.2) is 0 Å². The minimum absolute atomic E-state index is 0.0740. The average Bonchev–Trinajstić information content (AvgIpc) is 3.01. The van der Waals surface area contributed by atoms with Gasteiger partial charge in [0.15, 0.2) is 0 Å². The summed E-state index contributed by atoms with van der Waals surface area (Å²) in [6.07, 6.45) is 4.90. The third-order valence-corrected chi connectivity index (χ3v) is 4.45. The maximum atomic E-state index is 11.5. The Morgan fingerprint density at radius 1 is 1.53 bits per heavy atom. The summed E-state index contributed by atoms with van der Waals surface area (Å²) in [4.78, 5) is 13.5. The highest BCUT2D eigenvalue weighted by atomic mass is 32.1. The minimum atomic E-state index is 0.0740. The third-order valence-electron chi connectivity index (χ3n) is 3.77. The van der Waals surface area contributed by atoms with E-state index in [0.29, 0.717) is 11.8 Å². The van der Waals surface area contributed by atoms with E-state index in [9.17, 15) is 4.79 Å². The Labute approximate surface area is 105 Å². The van der Waals surface area contributed by atoms with Crippen molar-refractivity contribution in [3.05, 3.63) is 41.1 Å². The van der Waals surface area contributed by atoms with E-state index in [2.05, 4.69) is 29.5 Å². The lowest BCUT2D eigenvalue weighted by molar-refractivity contribution is -0.125. The molecule has 3 rings (SSSR count). The monoisotopic (exact) mass is 245 g/mol. The van der Waals surface area contributed by atoms with Crippen molar-refractivity contribution in [2.75, 3.05) is 13.1 Å². The number of rotatable bonds is 2. The lowest BCUT2D eigenvalue weighted by Gasteiger charge is -2.14. The van der Waals surface area contributed by atoms with E-state index in [4.69, 9.17) is 0 Å². The van der Waals surface area contributed by atoms with Crippen LogP contribution >= 0.6 is 11.3 Å². The van der Waals surface area contributed by atoms with Gasteiger partial charge in [0.2, 0.25) is 5.91 Å². The van der Waals surface area contributed by atoms with Gasteiger partial charge in [0.25, 0.3) is 0 Å². The molecule has 3 heteroatoms. The van der Waals surface area contributed by atoms with E-state index < -0.39 is 0 Å². The topological polar surface area (TPSA) is 20.3 Å². The zero-order valence-electron chi connectivity index (χ0n) is 9.63. The number of amides is 1. The molecule has 1 fully saturated rings. The SMILES string of the molecule is C=CC(=O)N1CC2C=C(c3ccsc3)CC2C1. The summed E-state index contributed by atoms with van der Waals surface area (Å²) in [7, 11) is 0. The van der Waals surface area contributed by atoms with Crippen molar-refractivity contribution in [3.63, 3.8) is 0 Å². The number of carbonyl (C=O) groups is 1. The number of carbonyl (C=O) groups excluding carboxylic acids is 1. The van der Waals surface area contributed by atoms with Crippen LogP contribution in [-0.4, -0.2) is 23.9 Å². The molecule has 0 spiro atoms. The number of allylic oxidation sites excluding steroid dienone is 1. The van der Waals surface area contributed by atoms with Crippen molar-refractivity contribution >= 4 is 22.8 Å². The molecule has 2 atom stereocenters. The van der Waals surface area contributed by atoms with Crippen LogP contribution in [-0.2, 0) is 4.79 Å². The second-order valence-electron chi connectivity index (χ2n) is 4.78. The van der Waals surface area contributed by atoms with Gasteiger partial charge in [0.05, 0.1) is 0 Å². The molecule has 88 valence electrons. The number of hydrogen-bond acceptors (Lipinski definition) is 2. The quantitative estimate of drug-likeness (QED) is 0.734. The van der Waals surface area contributed by atoms with Crippen LogP contribution in [0.3, 0.4) is 0 Å². The predicted octanol–water partition coefficient (Wildman–Crippen LogP) is 2.80. The van der Waals surface area contributed by atoms with E-state index in [0.717, 1.165) is 19.5 Å². The summed E-state index contributed by atoms with van der Waals surface area (Å²) in [6.45, 7) is 5.30. The summed E-state index contributed by atoms with van der Waals surface area (Å²) >= 11 is 1.74. The average molecular weight is 245 g/mol. The molecular formula is C14H15NOS. The van der Waals surface area contributed by atoms with Gasteiger partial charge >= 0.3 is 0 Å². The lowest BCUT2D eigenvalue weighted by Crippen LogP contribution is -2.27. The maximum Gasteiger partial charge on any atom is 0.245 e. The number of likely N-dealkylation sites (tertiary alicyclic amines) is 1. The van der Waals surface area contributed by atoms with E-state index in [1.165, 1.54) is 17.2 Å². The van der Waals surface area contributed by atoms with Gasteiger partial charge in [-0.3, -0.25) is 4.79 Å². The molecule has 1 aromatic heterocycles. The maximum absolute atomic E-state index is 11.5. The molecule has 0 aromatic carbocycles. The highest BCUT2D eigenvalue weighted by Gasteiger charge is 2.37. The van der Waals surface area contributed by atoms with Gasteiger partial charge in [0.1, 0.15) is 0 Å². The van der Waals surface area contributed by atoms with Gasteiger partial charge in [-0.05, 0) is 52.3 Å². The van der Waals surface area contributed by atoms with Gasteiger partial charge in [-0.2, -0.15) is 11.3 Å². The first-order valence-electron chi connectivity index (χ1n) is 5.92. The van der Waals surface area contributed by atoms with Crippen molar-refractivity contribution in [1.82, 2.24) is 4.90 Å². The van der Waals surface area contributed by atoms with Crippen LogP contribution in [0.1, 0.15) is 12.0 Å². The molecule has 0 bridgehead atoms. The molecule has 1 aliphatic heterocycles. The van der Waals surface area contributed by atoms with Gasteiger partial charge in [-0.15, -0.1) is 0 Å². The number of nitrogens with zero attached hydrogens (tertiary/aromatic N) is 1. The molecule has 1 saturated heterocycles. The largest absolute Gasteiger partial charge is 0.338 e. The molecular weight excluding hydrogens is 230 g/mol. The zero-order valence-corrected chi connectivity index (χ0v) is 10.5. The van der Waals surface area contributed by atoms with Crippen LogP contribution in [0.5, 0.6) is 0 Å². The Balaban J connectivity index is 1.74. The van der Waals surface area contributed by atoms with Crippen molar-refractivity contribution < 1.29 is 4.79 Å². The normalized spacial score (nSPS) is 26.8. The lowest BCUT2D eigenvalue weighted by atomic mass is 9.99. The van der Waals surface area contributed by atoms with E-state index in [1.807, 2.05) is 4.90 Å². The summed E-state index contributed by atoms with van der Waals surface area (Å²) in [5.41, 5.74) is 2.83. The fourth-order valence-electron chi connectivity index (χ4n) is 2.88. The second kappa shape index (κ2) is 4.15. The molecule has 2 aliphatic rings. The molecule has 2 unspecified atom stereocenters. The van der Waals surface area contributed by atoms with Crippen LogP contribution in [0.15, 0.2) is 35.6 Å². The zero-order chi connectivity index (χ0) is 11.8.